The zero-order valence-corrected chi connectivity index (χ0v) is 34.9. The van der Waals surface area contributed by atoms with Crippen LogP contribution in [0, 0.1) is 10.8 Å². The van der Waals surface area contributed by atoms with Crippen LogP contribution in [0.1, 0.15) is 121 Å². The Labute approximate surface area is 288 Å². The molecule has 0 aromatic heterocycles. The van der Waals surface area contributed by atoms with Crippen molar-refractivity contribution in [2.45, 2.75) is 155 Å². The normalized spacial score (nSPS) is 17.8. The van der Waals surface area contributed by atoms with Gasteiger partial charge in [0.05, 0.1) is 0 Å². The van der Waals surface area contributed by atoms with E-state index in [0.717, 1.165) is 51.4 Å². The molecule has 0 saturated heterocycles. The third-order valence-electron chi connectivity index (χ3n) is 13.0. The first kappa shape index (κ1) is 45.6. The molecule has 9 heteroatoms. The molecule has 46 heavy (non-hydrogen) atoms. The minimum atomic E-state index is -1.06. The van der Waals surface area contributed by atoms with Crippen LogP contribution in [0.2, 0.25) is 0 Å². The highest BCUT2D eigenvalue weighted by molar-refractivity contribution is 5.15. The third kappa shape index (κ3) is 6.85. The van der Waals surface area contributed by atoms with Crippen molar-refractivity contribution in [3.63, 3.8) is 0 Å². The van der Waals surface area contributed by atoms with Gasteiger partial charge in [-0.1, -0.05) is 69.2 Å². The molecule has 0 aliphatic carbocycles. The van der Waals surface area contributed by atoms with Crippen LogP contribution in [0.5, 0.6) is 0 Å². The van der Waals surface area contributed by atoms with E-state index in [0.29, 0.717) is 0 Å². The molecule has 3 N–H and O–H groups in total. The third-order valence-corrected chi connectivity index (χ3v) is 13.0. The second-order valence-electron chi connectivity index (χ2n) is 15.4. The van der Waals surface area contributed by atoms with E-state index >= 15 is 0 Å². The fraction of sp³-hybridized carbons (Fsp3) is 1.00. The van der Waals surface area contributed by atoms with Gasteiger partial charge in [-0.2, -0.15) is 0 Å². The van der Waals surface area contributed by atoms with E-state index in [1.807, 2.05) is 7.05 Å². The van der Waals surface area contributed by atoms with Crippen molar-refractivity contribution in [2.24, 2.45) is 16.6 Å². The zero-order valence-electron chi connectivity index (χ0n) is 34.9. The molecule has 278 valence electrons. The van der Waals surface area contributed by atoms with E-state index in [4.69, 9.17) is 15.2 Å². The fourth-order valence-corrected chi connectivity index (χ4v) is 9.68. The van der Waals surface area contributed by atoms with Crippen LogP contribution in [-0.4, -0.2) is 137 Å². The summed E-state index contributed by atoms with van der Waals surface area (Å²) >= 11 is 0. The van der Waals surface area contributed by atoms with Gasteiger partial charge in [0.2, 0.25) is 5.85 Å². The number of hydrogen-bond donors (Lipinski definition) is 2. The maximum Gasteiger partial charge on any atom is 0.218 e. The van der Waals surface area contributed by atoms with Gasteiger partial charge in [-0.15, -0.1) is 0 Å². The first-order valence-electron chi connectivity index (χ1n) is 18.3. The average molecular weight is 658 g/mol. The molecule has 0 aliphatic heterocycles. The van der Waals surface area contributed by atoms with E-state index < -0.39 is 34.6 Å². The number of rotatable bonds is 23. The lowest BCUT2D eigenvalue weighted by Gasteiger charge is -2.67. The summed E-state index contributed by atoms with van der Waals surface area (Å²) in [4.78, 5) is 11.4. The van der Waals surface area contributed by atoms with E-state index in [-0.39, 0.29) is 10.8 Å². The van der Waals surface area contributed by atoms with Crippen molar-refractivity contribution in [2.75, 3.05) is 77.5 Å². The van der Waals surface area contributed by atoms with Gasteiger partial charge in [0.15, 0.2) is 6.23 Å². The number of likely N-dealkylation sites (N-methyl/N-ethyl adjacent to an activating group) is 6. The molecular formula is C37H83N7O2. The molecule has 0 amide bonds. The zero-order chi connectivity index (χ0) is 36.7. The molecule has 0 saturated carbocycles. The molecule has 0 aromatic carbocycles. The van der Waals surface area contributed by atoms with Crippen LogP contribution in [-0.2, 0) is 9.47 Å². The Morgan fingerprint density at radius 1 is 0.543 bits per heavy atom. The first-order valence-corrected chi connectivity index (χ1v) is 18.3. The van der Waals surface area contributed by atoms with Crippen molar-refractivity contribution in [1.82, 2.24) is 29.8 Å². The highest BCUT2D eigenvalue weighted by atomic mass is 16.6. The Morgan fingerprint density at radius 2 is 0.913 bits per heavy atom. The van der Waals surface area contributed by atoms with Crippen LogP contribution in [0.3, 0.4) is 0 Å². The first-order chi connectivity index (χ1) is 21.1. The number of hydrogen-bond acceptors (Lipinski definition) is 9. The molecule has 0 aliphatic rings. The monoisotopic (exact) mass is 658 g/mol. The van der Waals surface area contributed by atoms with E-state index in [1.54, 1.807) is 0 Å². The van der Waals surface area contributed by atoms with Crippen LogP contribution in [0.25, 0.3) is 0 Å². The molecule has 3 unspecified atom stereocenters. The predicted octanol–water partition coefficient (Wildman–Crippen LogP) is 6.15. The van der Waals surface area contributed by atoms with Crippen LogP contribution < -0.4 is 11.1 Å². The molecule has 3 atom stereocenters. The summed E-state index contributed by atoms with van der Waals surface area (Å²) in [6.07, 6.45) is 6.49. The topological polar surface area (TPSA) is 72.7 Å². The van der Waals surface area contributed by atoms with Gasteiger partial charge >= 0.3 is 0 Å². The van der Waals surface area contributed by atoms with Crippen LogP contribution in [0.15, 0.2) is 0 Å². The highest BCUT2D eigenvalue weighted by Gasteiger charge is 2.66. The summed E-state index contributed by atoms with van der Waals surface area (Å²) in [5.74, 6) is -1.06. The Morgan fingerprint density at radius 3 is 1.13 bits per heavy atom. The van der Waals surface area contributed by atoms with Crippen molar-refractivity contribution in [3.8, 4) is 0 Å². The molecular weight excluding hydrogens is 574 g/mol. The number of nitrogens with zero attached hydrogens (tertiary/aromatic N) is 5. The van der Waals surface area contributed by atoms with Gasteiger partial charge < -0.3 is 15.2 Å². The molecule has 0 spiro atoms. The van der Waals surface area contributed by atoms with Crippen molar-refractivity contribution in [3.05, 3.63) is 0 Å². The molecule has 0 heterocycles. The van der Waals surface area contributed by atoms with Crippen LogP contribution >= 0.6 is 0 Å². The Hall–Kier alpha value is -0.360. The molecule has 0 radical (unpaired) electrons. The van der Waals surface area contributed by atoms with Crippen molar-refractivity contribution < 1.29 is 9.47 Å². The number of nitrogens with two attached hydrogens (primary N) is 1. The Balaban J connectivity index is 8.18. The van der Waals surface area contributed by atoms with E-state index in [2.05, 4.69) is 170 Å². The van der Waals surface area contributed by atoms with Gasteiger partial charge in [0.25, 0.3) is 0 Å². The quantitative estimate of drug-likeness (QED) is 0.126. The maximum atomic E-state index is 7.86. The minimum absolute atomic E-state index is 0.0812. The lowest BCUT2D eigenvalue weighted by Crippen LogP contribution is -2.82. The summed E-state index contributed by atoms with van der Waals surface area (Å²) in [5, 5.41) is 3.70. The summed E-state index contributed by atoms with van der Waals surface area (Å²) in [7, 11) is 23.5. The largest absolute Gasteiger partial charge is 0.347 e. The van der Waals surface area contributed by atoms with Crippen molar-refractivity contribution >= 4 is 0 Å². The standard InChI is InChI=1S/C37H83N7O2/c1-22-31(9,23-2)36(38,42(16)17)33(26-5,27-6)46-35(39-11,41(14)15)30(40(12)13)45-34(28-7,29-8)37(43(18)19,44(20)21)32(10,24-3)25-4/h30,39H,22-29,38H2,1-21H3. The Bertz CT molecular complexity index is 869. The molecule has 0 aromatic rings. The summed E-state index contributed by atoms with van der Waals surface area (Å²) in [5.41, 5.74) is 4.95. The molecule has 9 nitrogen and oxygen atoms in total. The second kappa shape index (κ2) is 17.0. The lowest BCUT2D eigenvalue weighted by atomic mass is 9.61. The lowest BCUT2D eigenvalue weighted by molar-refractivity contribution is -0.370. The Kier molecular flexibility index (Phi) is 16.9. The van der Waals surface area contributed by atoms with Crippen LogP contribution in [0.4, 0.5) is 0 Å². The maximum absolute atomic E-state index is 7.86. The number of ether oxygens (including phenoxy) is 2. The smallest absolute Gasteiger partial charge is 0.218 e. The second-order valence-corrected chi connectivity index (χ2v) is 15.4. The van der Waals surface area contributed by atoms with Gasteiger partial charge in [-0.05, 0) is 129 Å². The fourth-order valence-electron chi connectivity index (χ4n) is 9.68. The predicted molar refractivity (Wildman–Crippen MR) is 200 cm³/mol. The molecule has 0 bridgehead atoms. The highest BCUT2D eigenvalue weighted by Crippen LogP contribution is 2.55. The van der Waals surface area contributed by atoms with E-state index in [1.165, 1.54) is 0 Å². The molecule has 0 fully saturated rings. The van der Waals surface area contributed by atoms with Gasteiger partial charge in [-0.25, -0.2) is 0 Å². The summed E-state index contributed by atoms with van der Waals surface area (Å²) < 4.78 is 15.7. The van der Waals surface area contributed by atoms with Gasteiger partial charge in [-0.3, -0.25) is 29.8 Å². The average Bonchev–Trinajstić information content (AvgIpc) is 3.02. The van der Waals surface area contributed by atoms with Gasteiger partial charge in [0.1, 0.15) is 22.5 Å². The van der Waals surface area contributed by atoms with Gasteiger partial charge in [0, 0.05) is 10.8 Å². The minimum Gasteiger partial charge on any atom is -0.347 e. The molecule has 0 rings (SSSR count). The number of nitrogens with one attached hydrogen (secondary N) is 1. The van der Waals surface area contributed by atoms with E-state index in [9.17, 15) is 0 Å². The SMILES string of the molecule is CCC(C)(CC)C(N)(N(C)C)C(CC)(CC)OC(NC)(C(OC(CC)(CC)C(N(C)C)(N(C)C)C(C)(CC)CC)N(C)C)N(C)C. The summed E-state index contributed by atoms with van der Waals surface area (Å²) in [6, 6.07) is 0. The summed E-state index contributed by atoms with van der Waals surface area (Å²) in [6.45, 7) is 22.9. The van der Waals surface area contributed by atoms with Crippen molar-refractivity contribution in [1.29, 1.82) is 0 Å².